The maximum atomic E-state index is 14.5. The number of hydrogen-bond donors (Lipinski definition) is 2. The quantitative estimate of drug-likeness (QED) is 0.205. The predicted octanol–water partition coefficient (Wildman–Crippen LogP) is 11.3. The molecule has 2 N–H and O–H groups in total. The Morgan fingerprint density at radius 3 is 1.85 bits per heavy atom. The number of aliphatic hydroxyl groups is 2. The molecule has 6 nitrogen and oxygen atoms in total. The van der Waals surface area contributed by atoms with Crippen LogP contribution in [-0.2, 0) is 18.7 Å². The van der Waals surface area contributed by atoms with Gasteiger partial charge >= 0.3 is 0 Å². The lowest BCUT2D eigenvalue weighted by Gasteiger charge is -2.47. The highest BCUT2D eigenvalue weighted by atomic mass is 32.2. The molecule has 1 aromatic carbocycles. The number of benzene rings is 1. The van der Waals surface area contributed by atoms with Crippen molar-refractivity contribution in [3.8, 4) is 0 Å². The third kappa shape index (κ3) is 9.78. The van der Waals surface area contributed by atoms with Gasteiger partial charge in [0.2, 0.25) is 0 Å². The Balaban J connectivity index is 1.67. The number of allylic oxidation sites excluding steroid dienone is 3. The largest absolute Gasteiger partial charge is 0.414 e. The number of aliphatic hydroxyl groups excluding tert-OH is 1. The molecule has 3 saturated carbocycles. The van der Waals surface area contributed by atoms with Gasteiger partial charge in [-0.05, 0) is 137 Å². The molecule has 1 aromatic rings. The van der Waals surface area contributed by atoms with Gasteiger partial charge in [-0.15, -0.1) is 0 Å². The van der Waals surface area contributed by atoms with Crippen LogP contribution in [0.3, 0.4) is 0 Å². The van der Waals surface area contributed by atoms with Crippen LogP contribution in [0.5, 0.6) is 0 Å². The summed E-state index contributed by atoms with van der Waals surface area (Å²) < 4.78 is 43.1. The van der Waals surface area contributed by atoms with E-state index in [1.165, 1.54) is 11.1 Å². The van der Waals surface area contributed by atoms with Crippen LogP contribution in [0.15, 0.2) is 58.5 Å². The van der Waals surface area contributed by atoms with E-state index in [-0.39, 0.29) is 44.4 Å². The highest BCUT2D eigenvalue weighted by Crippen LogP contribution is 2.60. The third-order valence-corrected chi connectivity index (χ3v) is 26.6. The van der Waals surface area contributed by atoms with E-state index in [0.29, 0.717) is 5.92 Å². The number of fused-ring (bicyclic) bond motifs is 1. The fourth-order valence-electron chi connectivity index (χ4n) is 9.47. The van der Waals surface area contributed by atoms with Crippen molar-refractivity contribution in [3.05, 3.63) is 53.6 Å². The van der Waals surface area contributed by atoms with Gasteiger partial charge in [-0.1, -0.05) is 104 Å². The van der Waals surface area contributed by atoms with Crippen molar-refractivity contribution in [2.75, 3.05) is 0 Å². The van der Waals surface area contributed by atoms with E-state index in [0.717, 1.165) is 51.4 Å². The van der Waals surface area contributed by atoms with Crippen LogP contribution >= 0.6 is 0 Å². The van der Waals surface area contributed by atoms with Crippen molar-refractivity contribution in [3.63, 3.8) is 0 Å². The lowest BCUT2D eigenvalue weighted by Crippen LogP contribution is -2.52. The summed E-state index contributed by atoms with van der Waals surface area (Å²) in [6, 6.07) is 8.59. The number of rotatable bonds is 12. The van der Waals surface area contributed by atoms with E-state index in [1.54, 1.807) is 45.0 Å². The molecule has 0 amide bonds. The molecule has 0 aliphatic heterocycles. The number of sulfone groups is 1. The second-order valence-corrected chi connectivity index (χ2v) is 33.0. The Hall–Kier alpha value is -1.08. The highest BCUT2D eigenvalue weighted by molar-refractivity contribution is 7.92. The molecule has 3 aliphatic rings. The van der Waals surface area contributed by atoms with E-state index in [2.05, 4.69) is 93.7 Å². The summed E-state index contributed by atoms with van der Waals surface area (Å²) in [5.74, 6) is -0.458. The molecular weight excluding hydrogens is 725 g/mol. The zero-order chi connectivity index (χ0) is 40.9. The predicted molar refractivity (Wildman–Crippen MR) is 230 cm³/mol. The fraction of sp³-hybridized carbons (Fsp3) is 0.778. The Labute approximate surface area is 333 Å². The van der Waals surface area contributed by atoms with Crippen LogP contribution in [0.1, 0.15) is 128 Å². The summed E-state index contributed by atoms with van der Waals surface area (Å²) in [7, 11) is -7.86. The molecule has 4 rings (SSSR count). The standard InChI is InChI=1S/C45H78O6SSi2/c1-31(41(40(46)32(2)44(9,10)47)52(48,49)37-21-17-16-18-22-37)38-25-26-39-34(20-19-27-45(38,39)11)24-23-33-28-35(50-53(12,13)42(3,4)5)30-36(29-33)51-54(14,15)43(6,7)8/h16-18,21-24,31-32,35-36,38-41,46-47H,19-20,25-30H2,1-15H3/b34-24+/t31-,32-,35+,36+,38+,39-,40?,41?,45+/m0/s1. The van der Waals surface area contributed by atoms with Crippen LogP contribution in [0.25, 0.3) is 0 Å². The third-order valence-electron chi connectivity index (χ3n) is 15.2. The van der Waals surface area contributed by atoms with Crippen molar-refractivity contribution >= 4 is 26.5 Å². The summed E-state index contributed by atoms with van der Waals surface area (Å²) in [5.41, 5.74) is 1.57. The molecule has 0 aromatic heterocycles. The molecule has 308 valence electrons. The van der Waals surface area contributed by atoms with Gasteiger partial charge < -0.3 is 19.1 Å². The molecule has 0 spiro atoms. The van der Waals surface area contributed by atoms with Crippen molar-refractivity contribution in [1.29, 1.82) is 0 Å². The van der Waals surface area contributed by atoms with Gasteiger partial charge in [-0.3, -0.25) is 0 Å². The molecule has 0 saturated heterocycles. The summed E-state index contributed by atoms with van der Waals surface area (Å²) >= 11 is 0. The average Bonchev–Trinajstić information content (AvgIpc) is 3.39. The topological polar surface area (TPSA) is 93.1 Å². The van der Waals surface area contributed by atoms with Gasteiger partial charge in [-0.25, -0.2) is 8.42 Å². The minimum atomic E-state index is -3.90. The SMILES string of the molecule is C[C@H](C(C(O)[C@H](C)C(C)(C)O)S(=O)(=O)c1ccccc1)[C@H]1CC[C@H]2/C(=C/C=C3C[C@@H](O[Si](C)(C)C(C)(C)C)C[C@H](O[Si](C)(C)C(C)(C)C)C3)CCC[C@]12C. The smallest absolute Gasteiger partial charge is 0.192 e. The molecule has 0 heterocycles. The van der Waals surface area contributed by atoms with E-state index >= 15 is 0 Å². The molecule has 0 bridgehead atoms. The second kappa shape index (κ2) is 16.3. The highest BCUT2D eigenvalue weighted by Gasteiger charge is 2.55. The van der Waals surface area contributed by atoms with E-state index < -0.39 is 49.3 Å². The summed E-state index contributed by atoms with van der Waals surface area (Å²) in [6.45, 7) is 32.9. The zero-order valence-electron chi connectivity index (χ0n) is 36.8. The lowest BCUT2D eigenvalue weighted by molar-refractivity contribution is -0.0487. The average molecular weight is 803 g/mol. The Morgan fingerprint density at radius 2 is 1.37 bits per heavy atom. The van der Waals surface area contributed by atoms with Crippen LogP contribution in [0.4, 0.5) is 0 Å². The molecule has 2 unspecified atom stereocenters. The Bertz CT molecular complexity index is 1560. The Kier molecular flexibility index (Phi) is 13.8. The molecule has 54 heavy (non-hydrogen) atoms. The monoisotopic (exact) mass is 803 g/mol. The van der Waals surface area contributed by atoms with Crippen LogP contribution in [0, 0.1) is 29.1 Å². The summed E-state index contributed by atoms with van der Waals surface area (Å²) in [4.78, 5) is 0.235. The van der Waals surface area contributed by atoms with Crippen molar-refractivity contribution in [1.82, 2.24) is 0 Å². The van der Waals surface area contributed by atoms with Crippen molar-refractivity contribution < 1.29 is 27.5 Å². The van der Waals surface area contributed by atoms with Crippen molar-refractivity contribution in [2.24, 2.45) is 29.1 Å². The Morgan fingerprint density at radius 1 is 0.852 bits per heavy atom. The molecule has 3 aliphatic carbocycles. The second-order valence-electron chi connectivity index (χ2n) is 21.4. The number of hydrogen-bond acceptors (Lipinski definition) is 6. The zero-order valence-corrected chi connectivity index (χ0v) is 39.6. The molecule has 3 fully saturated rings. The first-order valence-electron chi connectivity index (χ1n) is 21.0. The minimum Gasteiger partial charge on any atom is -0.414 e. The van der Waals surface area contributed by atoms with Crippen LogP contribution in [0.2, 0.25) is 36.3 Å². The lowest BCUT2D eigenvalue weighted by atomic mass is 9.60. The first-order valence-corrected chi connectivity index (χ1v) is 28.3. The molecule has 9 heteroatoms. The molecule has 0 radical (unpaired) electrons. The van der Waals surface area contributed by atoms with Gasteiger partial charge in [-0.2, -0.15) is 0 Å². The van der Waals surface area contributed by atoms with Gasteiger partial charge in [0.15, 0.2) is 26.5 Å². The van der Waals surface area contributed by atoms with Crippen LogP contribution < -0.4 is 0 Å². The van der Waals surface area contributed by atoms with E-state index in [1.807, 2.05) is 6.07 Å². The van der Waals surface area contributed by atoms with Gasteiger partial charge in [0.05, 0.1) is 34.1 Å². The van der Waals surface area contributed by atoms with Crippen LogP contribution in [-0.4, -0.2) is 64.4 Å². The minimum absolute atomic E-state index is 0.0846. The van der Waals surface area contributed by atoms with Gasteiger partial charge in [0.25, 0.3) is 0 Å². The first-order chi connectivity index (χ1) is 24.5. The van der Waals surface area contributed by atoms with E-state index in [9.17, 15) is 18.6 Å². The maximum absolute atomic E-state index is 14.5. The summed E-state index contributed by atoms with van der Waals surface area (Å²) in [6.07, 6.45) is 11.8. The first kappa shape index (κ1) is 45.6. The van der Waals surface area contributed by atoms with Gasteiger partial charge in [0.1, 0.15) is 0 Å². The van der Waals surface area contributed by atoms with Gasteiger partial charge in [0, 0.05) is 5.92 Å². The van der Waals surface area contributed by atoms with Crippen molar-refractivity contribution in [2.45, 2.75) is 198 Å². The molecular formula is C45H78O6SSi2. The summed E-state index contributed by atoms with van der Waals surface area (Å²) in [5, 5.41) is 22.1. The fourth-order valence-corrected chi connectivity index (χ4v) is 14.4. The van der Waals surface area contributed by atoms with E-state index in [4.69, 9.17) is 8.85 Å². The normalized spacial score (nSPS) is 29.4. The molecule has 9 atom stereocenters. The maximum Gasteiger partial charge on any atom is 0.192 e.